The Morgan fingerprint density at radius 1 is 0.970 bits per heavy atom. The van der Waals surface area contributed by atoms with E-state index in [-0.39, 0.29) is 28.5 Å². The van der Waals surface area contributed by atoms with Crippen LogP contribution in [0.25, 0.3) is 0 Å². The Balaban J connectivity index is 2.40. The zero-order valence-electron chi connectivity index (χ0n) is 17.7. The summed E-state index contributed by atoms with van der Waals surface area (Å²) in [5.41, 5.74) is -0.865. The Labute approximate surface area is 187 Å². The zero-order chi connectivity index (χ0) is 24.8. The normalized spacial score (nSPS) is 10.6. The number of carbonyl (C=O) groups is 3. The highest BCUT2D eigenvalue weighted by Gasteiger charge is 2.28. The summed E-state index contributed by atoms with van der Waals surface area (Å²) in [5, 5.41) is 11.9. The van der Waals surface area contributed by atoms with E-state index in [1.165, 1.54) is 20.3 Å². The Bertz CT molecular complexity index is 1150. The van der Waals surface area contributed by atoms with Crippen LogP contribution in [0.3, 0.4) is 0 Å². The molecule has 0 fully saturated rings. The molecule has 3 N–H and O–H groups in total. The quantitative estimate of drug-likeness (QED) is 0.283. The van der Waals surface area contributed by atoms with Crippen LogP contribution in [0.4, 0.5) is 21.2 Å². The Morgan fingerprint density at radius 3 is 2.09 bits per heavy atom. The van der Waals surface area contributed by atoms with Gasteiger partial charge in [0.15, 0.2) is 0 Å². The summed E-state index contributed by atoms with van der Waals surface area (Å²) in [6, 6.07) is 2.79. The fourth-order valence-electron chi connectivity index (χ4n) is 2.31. The summed E-state index contributed by atoms with van der Waals surface area (Å²) < 4.78 is 46.1. The number of urea groups is 1. The molecule has 0 unspecified atom stereocenters. The number of nitrogens with one attached hydrogen (secondary N) is 2. The number of anilines is 2. The van der Waals surface area contributed by atoms with E-state index in [1.54, 1.807) is 4.72 Å². The van der Waals surface area contributed by atoms with E-state index in [0.29, 0.717) is 0 Å². The van der Waals surface area contributed by atoms with Gasteiger partial charge in [0.2, 0.25) is 17.7 Å². The van der Waals surface area contributed by atoms with Crippen LogP contribution in [-0.4, -0.2) is 70.1 Å². The smallest absolute Gasteiger partial charge is 0.438 e. The first kappa shape index (κ1) is 25.1. The van der Waals surface area contributed by atoms with Crippen molar-refractivity contribution in [2.45, 2.75) is 4.90 Å². The number of benzene rings is 1. The number of esters is 1. The third kappa shape index (κ3) is 5.95. The lowest BCUT2D eigenvalue weighted by Crippen LogP contribution is -2.36. The average molecular weight is 485 g/mol. The predicted molar refractivity (Wildman–Crippen MR) is 109 cm³/mol. The molecule has 0 radical (unpaired) electrons. The van der Waals surface area contributed by atoms with Crippen molar-refractivity contribution in [3.8, 4) is 11.8 Å². The molecule has 1 heterocycles. The zero-order valence-corrected chi connectivity index (χ0v) is 18.5. The Kier molecular flexibility index (Phi) is 7.92. The van der Waals surface area contributed by atoms with Gasteiger partial charge in [0, 0.05) is 0 Å². The Morgan fingerprint density at radius 2 is 1.58 bits per heavy atom. The van der Waals surface area contributed by atoms with Crippen LogP contribution < -0.4 is 24.6 Å². The molecule has 0 bridgehead atoms. The minimum absolute atomic E-state index is 0.00346. The maximum atomic E-state index is 12.8. The Hall–Kier alpha value is -4.18. The number of hydrogen-bond donors (Lipinski definition) is 3. The highest BCUT2D eigenvalue weighted by molar-refractivity contribution is 7.90. The van der Waals surface area contributed by atoms with E-state index in [4.69, 9.17) is 9.47 Å². The van der Waals surface area contributed by atoms with Gasteiger partial charge in [-0.3, -0.25) is 10.5 Å². The number of rotatable bonds is 7. The van der Waals surface area contributed by atoms with Crippen molar-refractivity contribution in [3.05, 3.63) is 29.8 Å². The van der Waals surface area contributed by atoms with Crippen LogP contribution in [-0.2, 0) is 19.5 Å². The second kappa shape index (κ2) is 10.4. The number of hydroxylamine groups is 1. The topological polar surface area (TPSA) is 196 Å². The predicted octanol–water partition coefficient (Wildman–Crippen LogP) is 0.753. The molecule has 1 aromatic heterocycles. The van der Waals surface area contributed by atoms with Crippen LogP contribution in [0.2, 0.25) is 0 Å². The van der Waals surface area contributed by atoms with Crippen LogP contribution in [0.1, 0.15) is 10.4 Å². The lowest BCUT2D eigenvalue weighted by molar-refractivity contribution is 0.0596. The molecule has 1 aromatic carbocycles. The molecule has 3 amide bonds. The van der Waals surface area contributed by atoms with Crippen molar-refractivity contribution in [3.63, 3.8) is 0 Å². The molecule has 178 valence electrons. The van der Waals surface area contributed by atoms with Crippen molar-refractivity contribution in [2.75, 3.05) is 38.8 Å². The molecule has 2 aromatic rings. The molecule has 0 aliphatic carbocycles. The molecule has 33 heavy (non-hydrogen) atoms. The number of aromatic nitrogens is 2. The first-order chi connectivity index (χ1) is 15.6. The van der Waals surface area contributed by atoms with Gasteiger partial charge in [-0.25, -0.2) is 27.5 Å². The van der Waals surface area contributed by atoms with Crippen molar-refractivity contribution in [1.29, 1.82) is 0 Å². The molecule has 15 nitrogen and oxygen atoms in total. The number of nitrogens with zero attached hydrogens (tertiary/aromatic N) is 3. The number of sulfonamides is 1. The third-order valence-corrected chi connectivity index (χ3v) is 5.17. The van der Waals surface area contributed by atoms with E-state index in [2.05, 4.69) is 24.8 Å². The lowest BCUT2D eigenvalue weighted by atomic mass is 10.2. The van der Waals surface area contributed by atoms with Crippen molar-refractivity contribution >= 4 is 39.8 Å². The minimum Gasteiger partial charge on any atom is -0.481 e. The van der Waals surface area contributed by atoms with Gasteiger partial charge in [0.1, 0.15) is 4.90 Å². The SMILES string of the molecule is COC(=O)c1ccc(N(O)C(=O)OC)cc1S(=O)(=O)NC(=O)Nc1nc(OC)cc(OC)n1. The maximum absolute atomic E-state index is 12.8. The van der Waals surface area contributed by atoms with Gasteiger partial charge in [0.05, 0.1) is 45.8 Å². The first-order valence-corrected chi connectivity index (χ1v) is 10.1. The van der Waals surface area contributed by atoms with Crippen LogP contribution in [0.5, 0.6) is 11.8 Å². The number of hydrogen-bond acceptors (Lipinski definition) is 12. The monoisotopic (exact) mass is 485 g/mol. The van der Waals surface area contributed by atoms with E-state index < -0.39 is 38.6 Å². The van der Waals surface area contributed by atoms with Crippen molar-refractivity contribution in [2.24, 2.45) is 0 Å². The van der Waals surface area contributed by atoms with E-state index in [1.807, 2.05) is 0 Å². The van der Waals surface area contributed by atoms with Crippen LogP contribution in [0.15, 0.2) is 29.2 Å². The third-order valence-electron chi connectivity index (χ3n) is 3.80. The summed E-state index contributed by atoms with van der Waals surface area (Å²) in [4.78, 5) is 42.7. The molecular weight excluding hydrogens is 466 g/mol. The molecule has 16 heteroatoms. The summed E-state index contributed by atoms with van der Waals surface area (Å²) in [5.74, 6) is -1.38. The molecule has 0 saturated heterocycles. The summed E-state index contributed by atoms with van der Waals surface area (Å²) in [6.45, 7) is 0. The molecule has 0 aliphatic heterocycles. The van der Waals surface area contributed by atoms with Gasteiger partial charge < -0.3 is 18.9 Å². The van der Waals surface area contributed by atoms with Crippen molar-refractivity contribution in [1.82, 2.24) is 14.7 Å². The van der Waals surface area contributed by atoms with Crippen molar-refractivity contribution < 1.29 is 47.0 Å². The van der Waals surface area contributed by atoms with E-state index in [0.717, 1.165) is 32.4 Å². The number of methoxy groups -OCH3 is 4. The molecular formula is C17H19N5O10S. The summed E-state index contributed by atoms with van der Waals surface area (Å²) in [6.07, 6.45) is -1.24. The van der Waals surface area contributed by atoms with Gasteiger partial charge in [-0.05, 0) is 18.2 Å². The lowest BCUT2D eigenvalue weighted by Gasteiger charge is -2.16. The minimum atomic E-state index is -4.76. The van der Waals surface area contributed by atoms with E-state index >= 15 is 0 Å². The number of carbonyl (C=O) groups excluding carboxylic acids is 3. The highest BCUT2D eigenvalue weighted by atomic mass is 32.2. The molecule has 0 spiro atoms. The summed E-state index contributed by atoms with van der Waals surface area (Å²) in [7, 11) is -0.166. The maximum Gasteiger partial charge on any atom is 0.438 e. The molecule has 0 atom stereocenters. The van der Waals surface area contributed by atoms with Gasteiger partial charge in [0.25, 0.3) is 10.0 Å². The highest BCUT2D eigenvalue weighted by Crippen LogP contribution is 2.24. The second-order valence-corrected chi connectivity index (χ2v) is 7.44. The molecule has 0 saturated carbocycles. The molecule has 0 aliphatic rings. The van der Waals surface area contributed by atoms with Gasteiger partial charge >= 0.3 is 18.1 Å². The number of ether oxygens (including phenoxy) is 4. The van der Waals surface area contributed by atoms with Gasteiger partial charge in [-0.15, -0.1) is 0 Å². The second-order valence-electron chi connectivity index (χ2n) is 5.79. The fourth-order valence-corrected chi connectivity index (χ4v) is 3.43. The van der Waals surface area contributed by atoms with Gasteiger partial charge in [-0.2, -0.15) is 15.0 Å². The first-order valence-electron chi connectivity index (χ1n) is 8.66. The standard InChI is InChI=1S/C17H19N5O10S/c1-29-12-8-13(30-2)19-15(18-12)20-16(24)21-33(27,28)11-7-9(22(26)17(25)32-4)5-6-10(11)14(23)31-3/h5-8,26H,1-4H3,(H2,18,19,20,21,24). The van der Waals surface area contributed by atoms with Crippen LogP contribution in [0, 0.1) is 0 Å². The largest absolute Gasteiger partial charge is 0.481 e. The fraction of sp³-hybridized carbons (Fsp3) is 0.235. The van der Waals surface area contributed by atoms with Crippen LogP contribution >= 0.6 is 0 Å². The number of amides is 3. The summed E-state index contributed by atoms with van der Waals surface area (Å²) >= 11 is 0. The van der Waals surface area contributed by atoms with Gasteiger partial charge in [-0.1, -0.05) is 0 Å². The molecule has 2 rings (SSSR count). The van der Waals surface area contributed by atoms with E-state index in [9.17, 15) is 28.0 Å². The average Bonchev–Trinajstić information content (AvgIpc) is 2.81.